The van der Waals surface area contributed by atoms with Crippen molar-refractivity contribution in [1.29, 1.82) is 0 Å². The minimum Gasteiger partial charge on any atom is -0.494 e. The van der Waals surface area contributed by atoms with Gasteiger partial charge in [0.25, 0.3) is 0 Å². The van der Waals surface area contributed by atoms with E-state index in [1.54, 1.807) is 14.0 Å². The molecule has 1 aromatic carbocycles. The average Bonchev–Trinajstić information content (AvgIpc) is 2.16. The minimum absolute atomic E-state index is 0.329. The number of aliphatic hydroxyl groups is 1. The topological polar surface area (TPSA) is 41.5 Å². The van der Waals surface area contributed by atoms with Crippen LogP contribution in [0.5, 0.6) is 5.75 Å². The monoisotopic (exact) mass is 351 g/mol. The summed E-state index contributed by atoms with van der Waals surface area (Å²) in [6.07, 6.45) is -0.329. The van der Waals surface area contributed by atoms with Crippen molar-refractivity contribution in [2.75, 3.05) is 13.7 Å². The SMILES string of the molecule is COc1c(Br)cc(CNC[C@@H](C)O)cc1Br. The molecule has 0 bridgehead atoms. The van der Waals surface area contributed by atoms with Crippen molar-refractivity contribution in [1.82, 2.24) is 5.32 Å². The van der Waals surface area contributed by atoms with Crippen LogP contribution in [-0.2, 0) is 6.54 Å². The molecule has 0 unspecified atom stereocenters. The Morgan fingerprint density at radius 1 is 1.38 bits per heavy atom. The van der Waals surface area contributed by atoms with Crippen LogP contribution in [0.15, 0.2) is 21.1 Å². The molecule has 90 valence electrons. The van der Waals surface area contributed by atoms with Gasteiger partial charge in [0.1, 0.15) is 5.75 Å². The van der Waals surface area contributed by atoms with E-state index in [4.69, 9.17) is 9.84 Å². The molecule has 3 nitrogen and oxygen atoms in total. The zero-order chi connectivity index (χ0) is 12.1. The largest absolute Gasteiger partial charge is 0.494 e. The van der Waals surface area contributed by atoms with Crippen molar-refractivity contribution in [3.05, 3.63) is 26.6 Å². The summed E-state index contributed by atoms with van der Waals surface area (Å²) in [5.74, 6) is 0.791. The van der Waals surface area contributed by atoms with Crippen LogP contribution < -0.4 is 10.1 Å². The fourth-order valence-corrected chi connectivity index (χ4v) is 2.94. The van der Waals surface area contributed by atoms with Crippen molar-refractivity contribution >= 4 is 31.9 Å². The van der Waals surface area contributed by atoms with E-state index >= 15 is 0 Å². The Bertz CT molecular complexity index is 333. The predicted octanol–water partition coefficient (Wildman–Crippen LogP) is 2.69. The third kappa shape index (κ3) is 4.05. The number of ether oxygens (including phenoxy) is 1. The van der Waals surface area contributed by atoms with Gasteiger partial charge in [-0.05, 0) is 56.5 Å². The first-order chi connectivity index (χ1) is 7.54. The molecule has 0 saturated heterocycles. The number of nitrogens with one attached hydrogen (secondary N) is 1. The van der Waals surface area contributed by atoms with E-state index in [1.165, 1.54) is 0 Å². The first-order valence-electron chi connectivity index (χ1n) is 4.95. The number of aliphatic hydroxyl groups excluding tert-OH is 1. The van der Waals surface area contributed by atoms with Gasteiger partial charge in [0.05, 0.1) is 22.2 Å². The van der Waals surface area contributed by atoms with Crippen molar-refractivity contribution in [3.63, 3.8) is 0 Å². The van der Waals surface area contributed by atoms with Crippen LogP contribution in [0.2, 0.25) is 0 Å². The fraction of sp³-hybridized carbons (Fsp3) is 0.455. The summed E-state index contributed by atoms with van der Waals surface area (Å²) >= 11 is 6.89. The molecule has 0 amide bonds. The molecular weight excluding hydrogens is 338 g/mol. The first kappa shape index (κ1) is 14.0. The highest BCUT2D eigenvalue weighted by Gasteiger charge is 2.07. The van der Waals surface area contributed by atoms with Crippen LogP contribution >= 0.6 is 31.9 Å². The predicted molar refractivity (Wildman–Crippen MR) is 71.8 cm³/mol. The molecule has 0 spiro atoms. The van der Waals surface area contributed by atoms with Crippen LogP contribution in [-0.4, -0.2) is 24.9 Å². The van der Waals surface area contributed by atoms with E-state index < -0.39 is 0 Å². The Labute approximate surface area is 112 Å². The summed E-state index contributed by atoms with van der Waals surface area (Å²) in [7, 11) is 1.64. The first-order valence-corrected chi connectivity index (χ1v) is 6.54. The van der Waals surface area contributed by atoms with E-state index in [9.17, 15) is 0 Å². The normalized spacial score (nSPS) is 12.6. The lowest BCUT2D eigenvalue weighted by Gasteiger charge is -2.10. The molecule has 0 aromatic heterocycles. The van der Waals surface area contributed by atoms with Gasteiger partial charge < -0.3 is 15.2 Å². The van der Waals surface area contributed by atoms with E-state index in [2.05, 4.69) is 37.2 Å². The van der Waals surface area contributed by atoms with Gasteiger partial charge in [-0.1, -0.05) is 0 Å². The Kier molecular flexibility index (Phi) is 5.75. The summed E-state index contributed by atoms with van der Waals surface area (Å²) in [6, 6.07) is 4.00. The van der Waals surface area contributed by atoms with Crippen LogP contribution in [0.25, 0.3) is 0 Å². The number of halogens is 2. The number of rotatable bonds is 5. The third-order valence-electron chi connectivity index (χ3n) is 2.03. The third-order valence-corrected chi connectivity index (χ3v) is 3.21. The Hall–Kier alpha value is -0.100. The second-order valence-electron chi connectivity index (χ2n) is 3.57. The molecule has 0 saturated carbocycles. The molecule has 0 aliphatic heterocycles. The van der Waals surface area contributed by atoms with Gasteiger partial charge in [0, 0.05) is 13.1 Å². The van der Waals surface area contributed by atoms with Crippen LogP contribution in [0, 0.1) is 0 Å². The lowest BCUT2D eigenvalue weighted by Crippen LogP contribution is -2.23. The second kappa shape index (κ2) is 6.59. The van der Waals surface area contributed by atoms with Gasteiger partial charge in [0.2, 0.25) is 0 Å². The lowest BCUT2D eigenvalue weighted by molar-refractivity contribution is 0.191. The zero-order valence-corrected chi connectivity index (χ0v) is 12.4. The van der Waals surface area contributed by atoms with Crippen LogP contribution in [0.3, 0.4) is 0 Å². The second-order valence-corrected chi connectivity index (χ2v) is 5.28. The molecule has 0 radical (unpaired) electrons. The lowest BCUT2D eigenvalue weighted by atomic mass is 10.2. The molecule has 1 rings (SSSR count). The molecular formula is C11H15Br2NO2. The van der Waals surface area contributed by atoms with Gasteiger partial charge in [-0.25, -0.2) is 0 Å². The number of benzene rings is 1. The van der Waals surface area contributed by atoms with Crippen molar-refractivity contribution < 1.29 is 9.84 Å². The maximum absolute atomic E-state index is 9.12. The molecule has 1 atom stereocenters. The van der Waals surface area contributed by atoms with E-state index in [0.717, 1.165) is 20.3 Å². The molecule has 16 heavy (non-hydrogen) atoms. The molecule has 0 aliphatic rings. The Morgan fingerprint density at radius 3 is 2.38 bits per heavy atom. The van der Waals surface area contributed by atoms with Gasteiger partial charge >= 0.3 is 0 Å². The highest BCUT2D eigenvalue weighted by molar-refractivity contribution is 9.11. The van der Waals surface area contributed by atoms with Crippen molar-refractivity contribution in [2.45, 2.75) is 19.6 Å². The van der Waals surface area contributed by atoms with Gasteiger partial charge in [-0.2, -0.15) is 0 Å². The highest BCUT2D eigenvalue weighted by Crippen LogP contribution is 2.34. The van der Waals surface area contributed by atoms with E-state index in [0.29, 0.717) is 13.1 Å². The van der Waals surface area contributed by atoms with Crippen molar-refractivity contribution in [2.24, 2.45) is 0 Å². The molecule has 0 aliphatic carbocycles. The quantitative estimate of drug-likeness (QED) is 0.856. The number of hydrogen-bond donors (Lipinski definition) is 2. The standard InChI is InChI=1S/C11H15Br2NO2/c1-7(15)5-14-6-8-3-9(12)11(16-2)10(13)4-8/h3-4,7,14-15H,5-6H2,1-2H3/t7-/m1/s1. The molecule has 5 heteroatoms. The number of hydrogen-bond acceptors (Lipinski definition) is 3. The molecule has 2 N–H and O–H groups in total. The fourth-order valence-electron chi connectivity index (χ4n) is 1.33. The summed E-state index contributed by atoms with van der Waals surface area (Å²) in [6.45, 7) is 3.06. The zero-order valence-electron chi connectivity index (χ0n) is 9.26. The minimum atomic E-state index is -0.329. The maximum atomic E-state index is 9.12. The summed E-state index contributed by atoms with van der Waals surface area (Å²) in [4.78, 5) is 0. The van der Waals surface area contributed by atoms with Gasteiger partial charge in [-0.15, -0.1) is 0 Å². The van der Waals surface area contributed by atoms with Gasteiger partial charge in [-0.3, -0.25) is 0 Å². The summed E-state index contributed by atoms with van der Waals surface area (Å²) < 4.78 is 7.05. The molecule has 1 aromatic rings. The summed E-state index contributed by atoms with van der Waals surface area (Å²) in [5.41, 5.74) is 1.13. The average molecular weight is 353 g/mol. The van der Waals surface area contributed by atoms with Crippen LogP contribution in [0.4, 0.5) is 0 Å². The van der Waals surface area contributed by atoms with Crippen molar-refractivity contribution in [3.8, 4) is 5.75 Å². The molecule has 0 heterocycles. The van der Waals surface area contributed by atoms with Crippen LogP contribution in [0.1, 0.15) is 12.5 Å². The Morgan fingerprint density at radius 2 is 1.94 bits per heavy atom. The smallest absolute Gasteiger partial charge is 0.147 e. The number of methoxy groups -OCH3 is 1. The highest BCUT2D eigenvalue weighted by atomic mass is 79.9. The summed E-state index contributed by atoms with van der Waals surface area (Å²) in [5, 5.41) is 12.3. The van der Waals surface area contributed by atoms with E-state index in [-0.39, 0.29) is 6.10 Å². The van der Waals surface area contributed by atoms with Gasteiger partial charge in [0.15, 0.2) is 0 Å². The Balaban J connectivity index is 2.68. The molecule has 0 fully saturated rings. The maximum Gasteiger partial charge on any atom is 0.147 e. The van der Waals surface area contributed by atoms with E-state index in [1.807, 2.05) is 12.1 Å².